The van der Waals surface area contributed by atoms with Crippen LogP contribution in [-0.2, 0) is 19.6 Å². The number of nitrogens with one attached hydrogen (secondary N) is 2. The Morgan fingerprint density at radius 2 is 1.79 bits per heavy atom. The highest BCUT2D eigenvalue weighted by atomic mass is 32.2. The topological polar surface area (TPSA) is 128 Å². The largest absolute Gasteiger partial charge is 0.497 e. The van der Waals surface area contributed by atoms with Gasteiger partial charge in [0.15, 0.2) is 0 Å². The quantitative estimate of drug-likeness (QED) is 0.592. The maximum Gasteiger partial charge on any atom is 0.246 e. The number of hydrogen-bond donors (Lipinski definition) is 3. The zero-order chi connectivity index (χ0) is 21.6. The molecule has 0 aromatic heterocycles. The summed E-state index contributed by atoms with van der Waals surface area (Å²) in [5, 5.41) is 10.3. The molecule has 0 spiro atoms. The second-order valence-corrected chi connectivity index (χ2v) is 7.88. The smallest absolute Gasteiger partial charge is 0.246 e. The molecule has 2 aromatic carbocycles. The van der Waals surface area contributed by atoms with Gasteiger partial charge in [0.25, 0.3) is 0 Å². The van der Waals surface area contributed by atoms with Crippen molar-refractivity contribution in [3.05, 3.63) is 59.7 Å². The predicted octanol–water partition coefficient (Wildman–Crippen LogP) is 1.81. The van der Waals surface area contributed by atoms with Gasteiger partial charge in [-0.1, -0.05) is 18.2 Å². The van der Waals surface area contributed by atoms with Gasteiger partial charge in [-0.25, -0.2) is 13.6 Å². The fourth-order valence-electron chi connectivity index (χ4n) is 2.45. The number of aryl methyl sites for hydroxylation is 1. The number of sulfonamides is 1. The molecule has 154 valence electrons. The van der Waals surface area contributed by atoms with Gasteiger partial charge in [-0.05, 0) is 55.3 Å². The Morgan fingerprint density at radius 3 is 2.38 bits per heavy atom. The predicted molar refractivity (Wildman–Crippen MR) is 111 cm³/mol. The molecule has 1 atom stereocenters. The van der Waals surface area contributed by atoms with Crippen LogP contribution >= 0.6 is 0 Å². The Morgan fingerprint density at radius 1 is 1.14 bits per heavy atom. The van der Waals surface area contributed by atoms with Crippen LogP contribution in [0.5, 0.6) is 5.75 Å². The minimum absolute atomic E-state index is 0.0746. The van der Waals surface area contributed by atoms with E-state index >= 15 is 0 Å². The molecule has 0 saturated carbocycles. The van der Waals surface area contributed by atoms with Crippen LogP contribution in [-0.4, -0.2) is 33.4 Å². The third-order valence-corrected chi connectivity index (χ3v) is 5.11. The van der Waals surface area contributed by atoms with Crippen LogP contribution in [0.2, 0.25) is 0 Å². The molecule has 2 rings (SSSR count). The Kier molecular flexibility index (Phi) is 7.13. The van der Waals surface area contributed by atoms with Gasteiger partial charge < -0.3 is 15.4 Å². The normalized spacial score (nSPS) is 12.4. The molecule has 0 aliphatic heterocycles. The molecule has 29 heavy (non-hydrogen) atoms. The molecule has 0 radical (unpaired) electrons. The van der Waals surface area contributed by atoms with E-state index in [0.717, 1.165) is 5.56 Å². The summed E-state index contributed by atoms with van der Waals surface area (Å²) in [6, 6.07) is 10.6. The first-order chi connectivity index (χ1) is 13.6. The van der Waals surface area contributed by atoms with E-state index in [-0.39, 0.29) is 10.6 Å². The Labute approximate surface area is 169 Å². The van der Waals surface area contributed by atoms with E-state index < -0.39 is 27.9 Å². The lowest BCUT2D eigenvalue weighted by atomic mass is 10.2. The summed E-state index contributed by atoms with van der Waals surface area (Å²) in [4.78, 5) is 24.3. The summed E-state index contributed by atoms with van der Waals surface area (Å²) < 4.78 is 28.2. The SMILES string of the molecule is COc1ccc(/C=C/C(=O)NC(C)C(=O)Nc2ccc(C)c(S(N)(=O)=O)c2)cc1. The van der Waals surface area contributed by atoms with Gasteiger partial charge >= 0.3 is 0 Å². The molecular formula is C20H23N3O5S. The van der Waals surface area contributed by atoms with Crippen molar-refractivity contribution in [1.29, 1.82) is 0 Å². The maximum atomic E-state index is 12.3. The van der Waals surface area contributed by atoms with E-state index in [0.29, 0.717) is 11.3 Å². The first-order valence-corrected chi connectivity index (χ1v) is 10.2. The van der Waals surface area contributed by atoms with Crippen molar-refractivity contribution < 1.29 is 22.7 Å². The van der Waals surface area contributed by atoms with Crippen molar-refractivity contribution in [2.24, 2.45) is 5.14 Å². The van der Waals surface area contributed by atoms with Crippen LogP contribution in [0.3, 0.4) is 0 Å². The van der Waals surface area contributed by atoms with Crippen LogP contribution in [0.1, 0.15) is 18.1 Å². The van der Waals surface area contributed by atoms with Crippen LogP contribution in [0, 0.1) is 6.92 Å². The third kappa shape index (κ3) is 6.44. The number of benzene rings is 2. The molecule has 0 bridgehead atoms. The number of nitrogens with two attached hydrogens (primary N) is 1. The summed E-state index contributed by atoms with van der Waals surface area (Å²) in [7, 11) is -2.34. The van der Waals surface area contributed by atoms with Gasteiger partial charge in [-0.2, -0.15) is 0 Å². The summed E-state index contributed by atoms with van der Waals surface area (Å²) in [6.45, 7) is 3.12. The minimum atomic E-state index is -3.91. The van der Waals surface area contributed by atoms with E-state index in [4.69, 9.17) is 9.88 Å². The standard InChI is InChI=1S/C20H23N3O5S/c1-13-4-8-16(12-18(13)29(21,26)27)23-20(25)14(2)22-19(24)11-7-15-5-9-17(28-3)10-6-15/h4-12,14H,1-3H3,(H,22,24)(H,23,25)(H2,21,26,27)/b11-7+. The number of primary sulfonamides is 1. The number of carbonyl (C=O) groups excluding carboxylic acids is 2. The first kappa shape index (κ1) is 22.1. The second-order valence-electron chi connectivity index (χ2n) is 6.35. The van der Waals surface area contributed by atoms with Crippen molar-refractivity contribution in [1.82, 2.24) is 5.32 Å². The van der Waals surface area contributed by atoms with E-state index in [9.17, 15) is 18.0 Å². The van der Waals surface area contributed by atoms with Gasteiger partial charge in [0, 0.05) is 11.8 Å². The van der Waals surface area contributed by atoms with Gasteiger partial charge in [0.2, 0.25) is 21.8 Å². The highest BCUT2D eigenvalue weighted by Gasteiger charge is 2.17. The molecular weight excluding hydrogens is 394 g/mol. The molecule has 2 aromatic rings. The Hall–Kier alpha value is -3.17. The maximum absolute atomic E-state index is 12.3. The lowest BCUT2D eigenvalue weighted by molar-refractivity contribution is -0.123. The molecule has 0 fully saturated rings. The monoisotopic (exact) mass is 417 g/mol. The molecule has 8 nitrogen and oxygen atoms in total. The van der Waals surface area contributed by atoms with E-state index in [1.165, 1.54) is 25.1 Å². The highest BCUT2D eigenvalue weighted by molar-refractivity contribution is 7.89. The number of rotatable bonds is 7. The average molecular weight is 417 g/mol. The molecule has 0 aliphatic rings. The summed E-state index contributed by atoms with van der Waals surface area (Å²) in [6.07, 6.45) is 2.92. The molecule has 4 N–H and O–H groups in total. The van der Waals surface area contributed by atoms with Gasteiger partial charge in [0.1, 0.15) is 11.8 Å². The van der Waals surface area contributed by atoms with Gasteiger partial charge in [-0.15, -0.1) is 0 Å². The minimum Gasteiger partial charge on any atom is -0.497 e. The average Bonchev–Trinajstić information content (AvgIpc) is 2.67. The molecule has 2 amide bonds. The van der Waals surface area contributed by atoms with E-state index in [1.54, 1.807) is 50.4 Å². The van der Waals surface area contributed by atoms with Crippen LogP contribution in [0.15, 0.2) is 53.4 Å². The number of methoxy groups -OCH3 is 1. The number of carbonyl (C=O) groups is 2. The summed E-state index contributed by atoms with van der Waals surface area (Å²) in [5.74, 6) is -0.239. The third-order valence-electron chi connectivity index (χ3n) is 4.06. The van der Waals surface area contributed by atoms with Crippen molar-refractivity contribution >= 4 is 33.6 Å². The van der Waals surface area contributed by atoms with Crippen molar-refractivity contribution in [3.63, 3.8) is 0 Å². The second kappa shape index (κ2) is 9.35. The number of anilines is 1. The molecule has 0 saturated heterocycles. The van der Waals surface area contributed by atoms with Crippen LogP contribution in [0.4, 0.5) is 5.69 Å². The van der Waals surface area contributed by atoms with E-state index in [2.05, 4.69) is 10.6 Å². The number of hydrogen-bond acceptors (Lipinski definition) is 5. The number of amides is 2. The highest BCUT2D eigenvalue weighted by Crippen LogP contribution is 2.19. The van der Waals surface area contributed by atoms with Crippen LogP contribution < -0.4 is 20.5 Å². The number of ether oxygens (including phenoxy) is 1. The first-order valence-electron chi connectivity index (χ1n) is 8.67. The molecule has 1 unspecified atom stereocenters. The van der Waals surface area contributed by atoms with Crippen molar-refractivity contribution in [3.8, 4) is 5.75 Å². The van der Waals surface area contributed by atoms with Gasteiger partial charge in [0.05, 0.1) is 12.0 Å². The lowest BCUT2D eigenvalue weighted by Gasteiger charge is -2.14. The summed E-state index contributed by atoms with van der Waals surface area (Å²) >= 11 is 0. The molecule has 9 heteroatoms. The van der Waals surface area contributed by atoms with Gasteiger partial charge in [-0.3, -0.25) is 9.59 Å². The zero-order valence-corrected chi connectivity index (χ0v) is 17.1. The molecule has 0 heterocycles. The van der Waals surface area contributed by atoms with Crippen LogP contribution in [0.25, 0.3) is 6.08 Å². The fraction of sp³-hybridized carbons (Fsp3) is 0.200. The van der Waals surface area contributed by atoms with E-state index in [1.807, 2.05) is 0 Å². The van der Waals surface area contributed by atoms with Crippen molar-refractivity contribution in [2.75, 3.05) is 12.4 Å². The fourth-order valence-corrected chi connectivity index (χ4v) is 3.26. The van der Waals surface area contributed by atoms with Crippen molar-refractivity contribution in [2.45, 2.75) is 24.8 Å². The lowest BCUT2D eigenvalue weighted by Crippen LogP contribution is -2.40. The zero-order valence-electron chi connectivity index (χ0n) is 16.3. The Balaban J connectivity index is 1.98. The summed E-state index contributed by atoms with van der Waals surface area (Å²) in [5.41, 5.74) is 1.53. The molecule has 0 aliphatic carbocycles. The Bertz CT molecular complexity index is 1030.